The number of hydrogen-bond acceptors (Lipinski definition) is 11. The smallest absolute Gasteiger partial charge is 0.165 e. The van der Waals surface area contributed by atoms with Gasteiger partial charge in [-0.2, -0.15) is 0 Å². The molecule has 18 rings (SSSR count). The van der Waals surface area contributed by atoms with Crippen molar-refractivity contribution in [2.24, 2.45) is 35.5 Å². The summed E-state index contributed by atoms with van der Waals surface area (Å²) in [6.45, 7) is 5.31. The van der Waals surface area contributed by atoms with Gasteiger partial charge in [0.15, 0.2) is 11.5 Å². The second-order valence-corrected chi connectivity index (χ2v) is 30.1. The van der Waals surface area contributed by atoms with Crippen LogP contribution in [-0.4, -0.2) is 80.1 Å². The number of aromatic nitrogens is 1. The molecule has 3 fully saturated rings. The number of fused-ring (bicyclic) bond motifs is 8. The van der Waals surface area contributed by atoms with E-state index in [2.05, 4.69) is 102 Å². The molecule has 1 unspecified atom stereocenters. The zero-order valence-electron chi connectivity index (χ0n) is 55.2. The molecule has 1 saturated carbocycles. The Hall–Kier alpha value is -6.82. The molecule has 5 aliphatic carbocycles. The summed E-state index contributed by atoms with van der Waals surface area (Å²) >= 11 is 0. The minimum Gasteiger partial charge on any atom is -0.508 e. The zero-order chi connectivity index (χ0) is 64.0. The summed E-state index contributed by atoms with van der Waals surface area (Å²) in [5.41, 5.74) is 15.2. The molecule has 0 amide bonds. The van der Waals surface area contributed by atoms with Gasteiger partial charge in [-0.3, -0.25) is 5.32 Å². The summed E-state index contributed by atoms with van der Waals surface area (Å²) in [6.07, 6.45) is 27.3. The monoisotopic (exact) mass is 1270 g/mol. The maximum absolute atomic E-state index is 13.1. The van der Waals surface area contributed by atoms with Crippen LogP contribution < -0.4 is 15.4 Å². The molecule has 5 aromatic carbocycles. The maximum Gasteiger partial charge on any atom is 0.165 e. The first-order valence-electron chi connectivity index (χ1n) is 36.0. The summed E-state index contributed by atoms with van der Waals surface area (Å²) in [7, 11) is 1.78. The molecular weight excluding hydrogens is 1170 g/mol. The Labute approximate surface area is 554 Å². The highest BCUT2D eigenvalue weighted by atomic mass is 16.5. The van der Waals surface area contributed by atoms with E-state index in [0.717, 1.165) is 170 Å². The van der Waals surface area contributed by atoms with Crippen molar-refractivity contribution in [1.29, 1.82) is 0 Å². The minimum atomic E-state index is -0.722. The van der Waals surface area contributed by atoms with E-state index in [1.807, 2.05) is 24.3 Å². The van der Waals surface area contributed by atoms with E-state index in [4.69, 9.17) is 18.9 Å². The van der Waals surface area contributed by atoms with Gasteiger partial charge in [-0.25, -0.2) is 0 Å². The highest BCUT2D eigenvalue weighted by molar-refractivity contribution is 5.89. The molecule has 1 aromatic heterocycles. The largest absolute Gasteiger partial charge is 0.508 e. The van der Waals surface area contributed by atoms with Crippen LogP contribution in [0.1, 0.15) is 190 Å². The highest BCUT2D eigenvalue weighted by Gasteiger charge is 2.63. The van der Waals surface area contributed by atoms with Crippen molar-refractivity contribution in [3.8, 4) is 34.8 Å². The molecule has 7 N–H and O–H groups in total. The van der Waals surface area contributed by atoms with E-state index in [0.29, 0.717) is 42.4 Å². The van der Waals surface area contributed by atoms with Gasteiger partial charge >= 0.3 is 0 Å². The normalized spacial score (nSPS) is 30.0. The Morgan fingerprint density at radius 2 is 1.69 bits per heavy atom. The first kappa shape index (κ1) is 62.0. The SMILES string of the molecule is CCC[C@H](C)C[C@@H]1C[C@@H]2Cc3c(CO)cc(O)c(c31)OCc1cc([C@]34c5c6cccc5CC[C@H]3C3(CCCCC3)OC[C@H]4CC6)cc3cn(cc13)C1=C3C(=C4CC[C@H](OC)NC4N1)C#C[C@H](CCc1ccc(O)c(Cc4cccc(O)c4)c1)CC[C@@H]1C=C[C@@H]3O[C@@H]1C[C@@H]2O. The van der Waals surface area contributed by atoms with Gasteiger partial charge in [0.05, 0.1) is 31.0 Å². The molecule has 8 heterocycles. The minimum absolute atomic E-state index is 0.00306. The van der Waals surface area contributed by atoms with E-state index >= 15 is 0 Å². The Morgan fingerprint density at radius 1 is 0.840 bits per heavy atom. The second-order valence-electron chi connectivity index (χ2n) is 30.1. The van der Waals surface area contributed by atoms with Gasteiger partial charge < -0.3 is 54.4 Å². The fourth-order valence-corrected chi connectivity index (χ4v) is 20.3. The molecule has 6 aromatic rings. The Kier molecular flexibility index (Phi) is 16.7. The fraction of sp³-hybridized carbons (Fsp3) is 0.512. The van der Waals surface area contributed by atoms with Gasteiger partial charge in [0.25, 0.3) is 0 Å². The molecule has 10 bridgehead atoms. The standard InChI is InChI=1S/C82H95N3O9/c1-4-10-48(2)33-57-37-56-40-66-59(45-86)41-70(90)78(75(57)66)92-46-60-39-62(82-61-24-21-53-12-9-13-54(77(53)82)23-29-73(82)81(93-47-61)31-6-5-7-32-81)38-58-43-85(44-67(58)60)80-76-64(65-26-30-74(91-3)83-79(65)84-80)25-18-49(17-20-52-22-28-71(76)94-72(52)42-69(56)89)15-16-50-19-27-68(88)55(34-50)35-51-11-8-14-63(87)36-51/h8-9,11-14,19,22,27-28,34,36,38-39,41,43-44,48-49,52,56-57,61,69,71-74,79,83-84,86-90H,4-7,10,15-17,20-21,23-24,26,29-33,35,37,40,42,45-47H2,1-3H3/t48-,49+,52+,56+,57+,61+,69-,71-,72+,73-,74-,79?,82-/m0/s1. The quantitative estimate of drug-likeness (QED) is 0.0460. The van der Waals surface area contributed by atoms with Gasteiger partial charge in [-0.15, -0.1) is 0 Å². The molecule has 2 saturated heterocycles. The first-order chi connectivity index (χ1) is 45.9. The van der Waals surface area contributed by atoms with Gasteiger partial charge in [-0.1, -0.05) is 118 Å². The number of piperidine rings is 1. The summed E-state index contributed by atoms with van der Waals surface area (Å²) in [5, 5.41) is 68.6. The highest BCUT2D eigenvalue weighted by Crippen LogP contribution is 2.65. The van der Waals surface area contributed by atoms with Crippen LogP contribution in [0.4, 0.5) is 0 Å². The third-order valence-electron chi connectivity index (χ3n) is 24.7. The van der Waals surface area contributed by atoms with Crippen molar-refractivity contribution in [2.45, 2.75) is 216 Å². The Bertz CT molecular complexity index is 4050. The maximum atomic E-state index is 13.1. The average molecular weight is 1270 g/mol. The van der Waals surface area contributed by atoms with Crippen molar-refractivity contribution in [3.05, 3.63) is 181 Å². The lowest BCUT2D eigenvalue weighted by Crippen LogP contribution is -2.64. The molecule has 12 nitrogen and oxygen atoms in total. The zero-order valence-corrected chi connectivity index (χ0v) is 55.2. The summed E-state index contributed by atoms with van der Waals surface area (Å²) in [5.74, 6) is 10.7. The molecule has 94 heavy (non-hydrogen) atoms. The van der Waals surface area contributed by atoms with Gasteiger partial charge in [0.2, 0.25) is 0 Å². The second kappa shape index (κ2) is 25.3. The molecule has 12 heteroatoms. The number of ether oxygens (including phenoxy) is 4. The van der Waals surface area contributed by atoms with Crippen molar-refractivity contribution in [1.82, 2.24) is 15.2 Å². The van der Waals surface area contributed by atoms with Crippen LogP contribution in [0.5, 0.6) is 23.0 Å². The number of aliphatic hydroxyl groups excluding tert-OH is 2. The third kappa shape index (κ3) is 10.9. The number of methoxy groups -OCH3 is 1. The molecule has 7 aliphatic heterocycles. The van der Waals surface area contributed by atoms with Crippen LogP contribution in [0.2, 0.25) is 0 Å². The molecule has 13 atom stereocenters. The van der Waals surface area contributed by atoms with Gasteiger partial charge in [-0.05, 0) is 212 Å². The number of benzene rings is 5. The van der Waals surface area contributed by atoms with Crippen LogP contribution in [-0.2, 0) is 64.9 Å². The van der Waals surface area contributed by atoms with Crippen LogP contribution >= 0.6 is 0 Å². The lowest BCUT2D eigenvalue weighted by atomic mass is 9.45. The van der Waals surface area contributed by atoms with Crippen LogP contribution in [0.3, 0.4) is 0 Å². The van der Waals surface area contributed by atoms with Gasteiger partial charge in [0.1, 0.15) is 42.4 Å². The number of aliphatic hydroxyl groups is 2. The van der Waals surface area contributed by atoms with E-state index in [-0.39, 0.29) is 89.6 Å². The number of phenols is 3. The van der Waals surface area contributed by atoms with Crippen molar-refractivity contribution < 1.29 is 44.5 Å². The number of nitrogens with zero attached hydrogens (tertiary/aromatic N) is 1. The average Bonchev–Trinajstić information content (AvgIpc) is 1.52. The number of dihydropyridines is 1. The molecule has 492 valence electrons. The van der Waals surface area contributed by atoms with E-state index < -0.39 is 12.2 Å². The lowest BCUT2D eigenvalue weighted by molar-refractivity contribution is -0.193. The van der Waals surface area contributed by atoms with Crippen molar-refractivity contribution in [3.63, 3.8) is 0 Å². The van der Waals surface area contributed by atoms with E-state index in [1.54, 1.807) is 30.9 Å². The number of rotatable bonds is 12. The van der Waals surface area contributed by atoms with Crippen molar-refractivity contribution >= 4 is 16.6 Å². The van der Waals surface area contributed by atoms with E-state index in [9.17, 15) is 25.5 Å². The first-order valence-corrected chi connectivity index (χ1v) is 36.0. The molecule has 1 spiro atoms. The molecule has 0 radical (unpaired) electrons. The fourth-order valence-electron chi connectivity index (χ4n) is 20.3. The van der Waals surface area contributed by atoms with Crippen LogP contribution in [0.25, 0.3) is 16.6 Å². The summed E-state index contributed by atoms with van der Waals surface area (Å²) < 4.78 is 31.0. The predicted molar refractivity (Wildman–Crippen MR) is 366 cm³/mol. The molecular formula is C82H95N3O9. The van der Waals surface area contributed by atoms with Crippen LogP contribution in [0.15, 0.2) is 120 Å². The number of phenolic OH excluding ortho intramolecular Hbond substituents is 3. The topological polar surface area (TPSA) is 167 Å². The summed E-state index contributed by atoms with van der Waals surface area (Å²) in [6, 6.07) is 27.2. The van der Waals surface area contributed by atoms with Gasteiger partial charge in [0, 0.05) is 83.0 Å². The lowest BCUT2D eigenvalue weighted by Gasteiger charge is -2.63. The van der Waals surface area contributed by atoms with Crippen LogP contribution in [0, 0.1) is 47.3 Å². The number of hydrogen-bond donors (Lipinski definition) is 7. The van der Waals surface area contributed by atoms with Crippen molar-refractivity contribution in [2.75, 3.05) is 13.7 Å². The molecule has 12 aliphatic rings. The third-order valence-corrected chi connectivity index (χ3v) is 24.7. The number of nitrogens with one attached hydrogen (secondary N) is 2. The Balaban J connectivity index is 0.896. The van der Waals surface area contributed by atoms with E-state index in [1.165, 1.54) is 41.5 Å². The Morgan fingerprint density at radius 3 is 2.52 bits per heavy atom. The predicted octanol–water partition coefficient (Wildman–Crippen LogP) is 14.5. The number of aromatic hydroxyl groups is 3. The summed E-state index contributed by atoms with van der Waals surface area (Å²) in [4.78, 5) is 0. The number of aryl methyl sites for hydroxylation is 3.